The number of aromatic carboxylic acids is 1. The highest BCUT2D eigenvalue weighted by atomic mass is 16.4. The number of aromatic nitrogens is 2. The van der Waals surface area contributed by atoms with Crippen LogP contribution in [0.1, 0.15) is 38.1 Å². The maximum atomic E-state index is 12.2. The number of hydrogen-bond acceptors (Lipinski definition) is 2. The predicted molar refractivity (Wildman–Crippen MR) is 82.7 cm³/mol. The molecule has 2 N–H and O–H groups in total. The molecule has 1 aromatic carbocycles. The normalized spacial score (nSPS) is 12.0. The third kappa shape index (κ3) is 2.86. The van der Waals surface area contributed by atoms with E-state index in [4.69, 9.17) is 0 Å². The van der Waals surface area contributed by atoms with Crippen molar-refractivity contribution in [2.45, 2.75) is 34.2 Å². The van der Waals surface area contributed by atoms with Crippen molar-refractivity contribution in [3.05, 3.63) is 34.2 Å². The Morgan fingerprint density at radius 2 is 1.86 bits per heavy atom. The molecule has 0 aliphatic carbocycles. The van der Waals surface area contributed by atoms with Crippen LogP contribution in [0.2, 0.25) is 0 Å². The van der Waals surface area contributed by atoms with Crippen molar-refractivity contribution in [2.75, 3.05) is 0 Å². The van der Waals surface area contributed by atoms with Crippen molar-refractivity contribution < 1.29 is 9.90 Å². The number of aromatic amines is 1. The number of imidazole rings is 1. The van der Waals surface area contributed by atoms with Gasteiger partial charge in [0, 0.05) is 6.54 Å². The smallest absolute Gasteiger partial charge is 0.337 e. The van der Waals surface area contributed by atoms with Gasteiger partial charge in [0.15, 0.2) is 0 Å². The molecular formula is C16H22N2O3. The minimum Gasteiger partial charge on any atom is -0.478 e. The van der Waals surface area contributed by atoms with E-state index in [0.717, 1.165) is 0 Å². The molecule has 5 nitrogen and oxygen atoms in total. The van der Waals surface area contributed by atoms with Gasteiger partial charge in [0.25, 0.3) is 0 Å². The van der Waals surface area contributed by atoms with Gasteiger partial charge in [0.2, 0.25) is 0 Å². The van der Waals surface area contributed by atoms with Crippen molar-refractivity contribution in [2.24, 2.45) is 17.8 Å². The molecule has 2 aromatic rings. The Kier molecular flexibility index (Phi) is 4.21. The maximum absolute atomic E-state index is 12.2. The number of carboxylic acid groups (broad SMARTS) is 1. The molecule has 0 bridgehead atoms. The molecule has 2 rings (SSSR count). The lowest BCUT2D eigenvalue weighted by Gasteiger charge is -2.25. The molecule has 1 aromatic heterocycles. The predicted octanol–water partition coefficient (Wildman–Crippen LogP) is 2.96. The summed E-state index contributed by atoms with van der Waals surface area (Å²) in [6.07, 6.45) is 0. The van der Waals surface area contributed by atoms with E-state index >= 15 is 0 Å². The molecule has 0 unspecified atom stereocenters. The van der Waals surface area contributed by atoms with Crippen LogP contribution in [-0.4, -0.2) is 20.6 Å². The van der Waals surface area contributed by atoms with E-state index in [1.807, 2.05) is 0 Å². The summed E-state index contributed by atoms with van der Waals surface area (Å²) in [6, 6.07) is 4.97. The van der Waals surface area contributed by atoms with Crippen LogP contribution in [-0.2, 0) is 6.54 Å². The lowest BCUT2D eigenvalue weighted by Crippen LogP contribution is -2.27. The van der Waals surface area contributed by atoms with Crippen molar-refractivity contribution in [3.8, 4) is 0 Å². The molecule has 0 atom stereocenters. The summed E-state index contributed by atoms with van der Waals surface area (Å²) in [5.41, 5.74) is 0.950. The number of fused-ring (bicyclic) bond motifs is 1. The molecule has 5 heteroatoms. The van der Waals surface area contributed by atoms with Gasteiger partial charge in [-0.3, -0.25) is 4.57 Å². The largest absolute Gasteiger partial charge is 0.478 e. The van der Waals surface area contributed by atoms with Gasteiger partial charge in [-0.2, -0.15) is 0 Å². The topological polar surface area (TPSA) is 75.1 Å². The SMILES string of the molecule is CC(C)C(Cn1c(=O)[nH]c2c(C(=O)O)cccc21)C(C)C. The van der Waals surface area contributed by atoms with Crippen molar-refractivity contribution in [1.82, 2.24) is 9.55 Å². The fourth-order valence-corrected chi connectivity index (χ4v) is 2.94. The number of benzene rings is 1. The number of nitrogens with one attached hydrogen (secondary N) is 1. The Morgan fingerprint density at radius 3 is 2.38 bits per heavy atom. The highest BCUT2D eigenvalue weighted by molar-refractivity contribution is 6.00. The van der Waals surface area contributed by atoms with Crippen LogP contribution < -0.4 is 5.69 Å². The number of nitrogens with zero attached hydrogens (tertiary/aromatic N) is 1. The van der Waals surface area contributed by atoms with Crippen LogP contribution >= 0.6 is 0 Å². The summed E-state index contributed by atoms with van der Waals surface area (Å²) in [5.74, 6) is 0.225. The Bertz CT molecular complexity index is 702. The van der Waals surface area contributed by atoms with E-state index in [1.54, 1.807) is 16.7 Å². The summed E-state index contributed by atoms with van der Waals surface area (Å²) < 4.78 is 1.66. The van der Waals surface area contributed by atoms with Crippen LogP contribution in [0.25, 0.3) is 11.0 Å². The van der Waals surface area contributed by atoms with E-state index in [1.165, 1.54) is 6.07 Å². The van der Waals surface area contributed by atoms with Gasteiger partial charge >= 0.3 is 11.7 Å². The second-order valence-corrected chi connectivity index (χ2v) is 6.20. The van der Waals surface area contributed by atoms with E-state index in [9.17, 15) is 14.7 Å². The van der Waals surface area contributed by atoms with E-state index in [2.05, 4.69) is 32.7 Å². The van der Waals surface area contributed by atoms with E-state index in [-0.39, 0.29) is 11.3 Å². The highest BCUT2D eigenvalue weighted by Gasteiger charge is 2.21. The Morgan fingerprint density at radius 1 is 1.24 bits per heavy atom. The number of hydrogen-bond donors (Lipinski definition) is 2. The Hall–Kier alpha value is -2.04. The zero-order valence-corrected chi connectivity index (χ0v) is 12.9. The second-order valence-electron chi connectivity index (χ2n) is 6.20. The third-order valence-corrected chi connectivity index (χ3v) is 4.15. The van der Waals surface area contributed by atoms with Crippen LogP contribution in [0.15, 0.2) is 23.0 Å². The zero-order chi connectivity index (χ0) is 15.7. The first-order valence-electron chi connectivity index (χ1n) is 7.27. The zero-order valence-electron chi connectivity index (χ0n) is 12.9. The molecular weight excluding hydrogens is 268 g/mol. The van der Waals surface area contributed by atoms with Gasteiger partial charge in [0.05, 0.1) is 16.6 Å². The van der Waals surface area contributed by atoms with Crippen molar-refractivity contribution in [3.63, 3.8) is 0 Å². The standard InChI is InChI=1S/C16H22N2O3/c1-9(2)12(10(3)4)8-18-13-7-5-6-11(15(19)20)14(13)17-16(18)21/h5-7,9-10,12H,8H2,1-4H3,(H,17,21)(H,19,20). The summed E-state index contributed by atoms with van der Waals surface area (Å²) in [7, 11) is 0. The molecule has 21 heavy (non-hydrogen) atoms. The van der Waals surface area contributed by atoms with Gasteiger partial charge in [-0.1, -0.05) is 33.8 Å². The first-order chi connectivity index (χ1) is 9.82. The quantitative estimate of drug-likeness (QED) is 0.889. The summed E-state index contributed by atoms with van der Waals surface area (Å²) in [6.45, 7) is 9.18. The molecule has 0 amide bonds. The average molecular weight is 290 g/mol. The molecule has 0 aliphatic heterocycles. The molecule has 114 valence electrons. The van der Waals surface area contributed by atoms with Crippen LogP contribution in [0, 0.1) is 17.8 Å². The van der Waals surface area contributed by atoms with Crippen LogP contribution in [0.4, 0.5) is 0 Å². The first-order valence-corrected chi connectivity index (χ1v) is 7.27. The number of H-pyrrole nitrogens is 1. The average Bonchev–Trinajstić information content (AvgIpc) is 2.70. The lowest BCUT2D eigenvalue weighted by molar-refractivity contribution is 0.0699. The first kappa shape index (κ1) is 15.4. The maximum Gasteiger partial charge on any atom is 0.337 e. The number of para-hydroxylation sites is 1. The van der Waals surface area contributed by atoms with Gasteiger partial charge < -0.3 is 10.1 Å². The van der Waals surface area contributed by atoms with Gasteiger partial charge in [-0.05, 0) is 29.9 Å². The summed E-state index contributed by atoms with van der Waals surface area (Å²) in [4.78, 5) is 26.1. The van der Waals surface area contributed by atoms with E-state index in [0.29, 0.717) is 35.3 Å². The second kappa shape index (κ2) is 5.76. The molecule has 0 fully saturated rings. The number of carbonyl (C=O) groups is 1. The lowest BCUT2D eigenvalue weighted by atomic mass is 9.85. The van der Waals surface area contributed by atoms with Crippen molar-refractivity contribution >= 4 is 17.0 Å². The number of rotatable bonds is 5. The fraction of sp³-hybridized carbons (Fsp3) is 0.500. The van der Waals surface area contributed by atoms with E-state index < -0.39 is 5.97 Å². The molecule has 0 aliphatic rings. The van der Waals surface area contributed by atoms with Crippen LogP contribution in [0.5, 0.6) is 0 Å². The van der Waals surface area contributed by atoms with Crippen LogP contribution in [0.3, 0.4) is 0 Å². The van der Waals surface area contributed by atoms with Gasteiger partial charge in [-0.15, -0.1) is 0 Å². The van der Waals surface area contributed by atoms with Gasteiger partial charge in [-0.25, -0.2) is 9.59 Å². The molecule has 0 saturated heterocycles. The molecule has 0 radical (unpaired) electrons. The summed E-state index contributed by atoms with van der Waals surface area (Å²) in [5, 5.41) is 9.21. The molecule has 1 heterocycles. The molecule has 0 saturated carbocycles. The monoisotopic (exact) mass is 290 g/mol. The number of carboxylic acids is 1. The minimum absolute atomic E-state index is 0.133. The summed E-state index contributed by atoms with van der Waals surface area (Å²) >= 11 is 0. The Labute approximate surface area is 123 Å². The van der Waals surface area contributed by atoms with Crippen molar-refractivity contribution in [1.29, 1.82) is 0 Å². The minimum atomic E-state index is -1.03. The third-order valence-electron chi connectivity index (χ3n) is 4.15. The fourth-order valence-electron chi connectivity index (χ4n) is 2.94. The van der Waals surface area contributed by atoms with Gasteiger partial charge in [0.1, 0.15) is 0 Å². The highest BCUT2D eigenvalue weighted by Crippen LogP contribution is 2.24. The Balaban J connectivity index is 2.55. The molecule has 0 spiro atoms.